The average Bonchev–Trinajstić information content (AvgIpc) is 2.34. The van der Waals surface area contributed by atoms with E-state index in [-0.39, 0.29) is 11.5 Å². The lowest BCUT2D eigenvalue weighted by molar-refractivity contribution is -0.0755. The molecular formula is C15H20N2O2. The van der Waals surface area contributed by atoms with Crippen LogP contribution in [0.2, 0.25) is 0 Å². The maximum absolute atomic E-state index is 9.07. The van der Waals surface area contributed by atoms with Crippen LogP contribution in [0.3, 0.4) is 0 Å². The molecule has 0 unspecified atom stereocenters. The molecule has 1 aliphatic heterocycles. The predicted molar refractivity (Wildman–Crippen MR) is 72.8 cm³/mol. The van der Waals surface area contributed by atoms with Crippen molar-refractivity contribution < 1.29 is 9.47 Å². The first kappa shape index (κ1) is 13.9. The molecule has 0 aromatic heterocycles. The fourth-order valence-corrected chi connectivity index (χ4v) is 1.96. The van der Waals surface area contributed by atoms with Crippen LogP contribution in [0, 0.1) is 16.7 Å². The summed E-state index contributed by atoms with van der Waals surface area (Å²) >= 11 is 0. The minimum absolute atomic E-state index is 0.193. The zero-order valence-corrected chi connectivity index (χ0v) is 11.5. The molecule has 0 spiro atoms. The number of nitriles is 1. The summed E-state index contributed by atoms with van der Waals surface area (Å²) in [6, 6.07) is 10.4. The Morgan fingerprint density at radius 3 is 2.53 bits per heavy atom. The van der Waals surface area contributed by atoms with E-state index >= 15 is 0 Å². The third-order valence-electron chi connectivity index (χ3n) is 3.08. The summed E-state index contributed by atoms with van der Waals surface area (Å²) in [4.78, 5) is 0. The van der Waals surface area contributed by atoms with Gasteiger partial charge in [0.2, 0.25) is 0 Å². The Labute approximate surface area is 114 Å². The maximum atomic E-state index is 9.07. The number of nitrogens with zero attached hydrogens (tertiary/aromatic N) is 1. The molecule has 1 aromatic rings. The van der Waals surface area contributed by atoms with E-state index in [1.807, 2.05) is 38.1 Å². The van der Waals surface area contributed by atoms with Gasteiger partial charge in [0.05, 0.1) is 25.4 Å². The highest BCUT2D eigenvalue weighted by Crippen LogP contribution is 2.25. The molecule has 2 rings (SSSR count). The Morgan fingerprint density at radius 2 is 2.05 bits per heavy atom. The van der Waals surface area contributed by atoms with E-state index in [0.717, 1.165) is 12.3 Å². The molecule has 4 heteroatoms. The molecule has 1 fully saturated rings. The third kappa shape index (κ3) is 3.69. The third-order valence-corrected chi connectivity index (χ3v) is 3.08. The fourth-order valence-electron chi connectivity index (χ4n) is 1.96. The van der Waals surface area contributed by atoms with Crippen LogP contribution in [-0.4, -0.2) is 25.9 Å². The lowest BCUT2D eigenvalue weighted by Gasteiger charge is -2.35. The van der Waals surface area contributed by atoms with Gasteiger partial charge in [-0.1, -0.05) is 12.1 Å². The van der Waals surface area contributed by atoms with Gasteiger partial charge in [0.1, 0.15) is 11.2 Å². The molecule has 0 aliphatic carbocycles. The van der Waals surface area contributed by atoms with Gasteiger partial charge in [0, 0.05) is 13.1 Å². The first-order valence-corrected chi connectivity index (χ1v) is 6.59. The van der Waals surface area contributed by atoms with Crippen molar-refractivity contribution in [1.82, 2.24) is 5.32 Å². The van der Waals surface area contributed by atoms with Crippen molar-refractivity contribution in [3.63, 3.8) is 0 Å². The van der Waals surface area contributed by atoms with Crippen LogP contribution in [0.25, 0.3) is 0 Å². The Morgan fingerprint density at radius 1 is 1.37 bits per heavy atom. The van der Waals surface area contributed by atoms with E-state index in [1.54, 1.807) is 0 Å². The van der Waals surface area contributed by atoms with E-state index in [0.29, 0.717) is 19.8 Å². The Hall–Kier alpha value is -1.57. The van der Waals surface area contributed by atoms with E-state index < -0.39 is 0 Å². The van der Waals surface area contributed by atoms with Gasteiger partial charge >= 0.3 is 0 Å². The van der Waals surface area contributed by atoms with Gasteiger partial charge in [0.25, 0.3) is 0 Å². The summed E-state index contributed by atoms with van der Waals surface area (Å²) in [5.74, 6) is 0.889. The maximum Gasteiger partial charge on any atom is 0.119 e. The molecule has 1 saturated heterocycles. The quantitative estimate of drug-likeness (QED) is 0.851. The topological polar surface area (TPSA) is 54.3 Å². The predicted octanol–water partition coefficient (Wildman–Crippen LogP) is 2.10. The van der Waals surface area contributed by atoms with Gasteiger partial charge in [-0.2, -0.15) is 5.26 Å². The highest BCUT2D eigenvalue weighted by Gasteiger charge is 2.38. The van der Waals surface area contributed by atoms with Crippen molar-refractivity contribution in [2.24, 2.45) is 5.41 Å². The van der Waals surface area contributed by atoms with E-state index in [1.165, 1.54) is 5.56 Å². The van der Waals surface area contributed by atoms with Gasteiger partial charge in [-0.05, 0) is 31.5 Å². The number of ether oxygens (including phenoxy) is 2. The molecule has 4 nitrogen and oxygen atoms in total. The van der Waals surface area contributed by atoms with E-state index in [9.17, 15) is 0 Å². The Kier molecular flexibility index (Phi) is 4.41. The first-order valence-electron chi connectivity index (χ1n) is 6.59. The van der Waals surface area contributed by atoms with Crippen molar-refractivity contribution >= 4 is 0 Å². The van der Waals surface area contributed by atoms with Crippen LogP contribution >= 0.6 is 0 Å². The molecule has 0 atom stereocenters. The molecule has 0 bridgehead atoms. The number of hydrogen-bond donors (Lipinski definition) is 1. The highest BCUT2D eigenvalue weighted by atomic mass is 16.5. The monoisotopic (exact) mass is 260 g/mol. The SMILES string of the molecule is CC(C)Oc1ccc(CNCC2(C#N)COC2)cc1. The molecule has 0 radical (unpaired) electrons. The second kappa shape index (κ2) is 6.05. The van der Waals surface area contributed by atoms with Gasteiger partial charge in [-0.3, -0.25) is 0 Å². The number of rotatable bonds is 6. The summed E-state index contributed by atoms with van der Waals surface area (Å²) in [5, 5.41) is 12.4. The van der Waals surface area contributed by atoms with Gasteiger partial charge in [0.15, 0.2) is 0 Å². The minimum atomic E-state index is -0.319. The molecule has 0 amide bonds. The van der Waals surface area contributed by atoms with E-state index in [4.69, 9.17) is 14.7 Å². The van der Waals surface area contributed by atoms with Crippen molar-refractivity contribution in [2.45, 2.75) is 26.5 Å². The summed E-state index contributed by atoms with van der Waals surface area (Å²) in [5.41, 5.74) is 0.866. The van der Waals surface area contributed by atoms with Gasteiger partial charge < -0.3 is 14.8 Å². The summed E-state index contributed by atoms with van der Waals surface area (Å²) in [6.07, 6.45) is 0.193. The molecule has 1 aromatic carbocycles. The number of benzene rings is 1. The van der Waals surface area contributed by atoms with Crippen molar-refractivity contribution in [3.05, 3.63) is 29.8 Å². The van der Waals surface area contributed by atoms with Crippen LogP contribution in [0.4, 0.5) is 0 Å². The molecule has 1 aliphatic rings. The molecule has 19 heavy (non-hydrogen) atoms. The lowest BCUT2D eigenvalue weighted by Crippen LogP contribution is -2.48. The molecule has 1 heterocycles. The summed E-state index contributed by atoms with van der Waals surface area (Å²) in [7, 11) is 0. The van der Waals surface area contributed by atoms with Crippen LogP contribution in [0.15, 0.2) is 24.3 Å². The fraction of sp³-hybridized carbons (Fsp3) is 0.533. The standard InChI is InChI=1S/C15H20N2O2/c1-12(2)19-14-5-3-13(4-6-14)7-17-9-15(8-16)10-18-11-15/h3-6,12,17H,7,9-11H2,1-2H3. The van der Waals surface area contributed by atoms with Gasteiger partial charge in [-0.25, -0.2) is 0 Å². The van der Waals surface area contributed by atoms with Crippen molar-refractivity contribution in [1.29, 1.82) is 5.26 Å². The Balaban J connectivity index is 1.79. The number of nitrogens with one attached hydrogen (secondary N) is 1. The molecular weight excluding hydrogens is 240 g/mol. The Bertz CT molecular complexity index is 444. The largest absolute Gasteiger partial charge is 0.491 e. The van der Waals surface area contributed by atoms with Crippen LogP contribution in [0.5, 0.6) is 5.75 Å². The second-order valence-corrected chi connectivity index (χ2v) is 5.30. The second-order valence-electron chi connectivity index (χ2n) is 5.30. The smallest absolute Gasteiger partial charge is 0.119 e. The number of hydrogen-bond acceptors (Lipinski definition) is 4. The molecule has 0 saturated carbocycles. The minimum Gasteiger partial charge on any atom is -0.491 e. The van der Waals surface area contributed by atoms with Crippen LogP contribution < -0.4 is 10.1 Å². The highest BCUT2D eigenvalue weighted by molar-refractivity contribution is 5.27. The summed E-state index contributed by atoms with van der Waals surface area (Å²) in [6.45, 7) is 6.53. The van der Waals surface area contributed by atoms with Crippen LogP contribution in [-0.2, 0) is 11.3 Å². The lowest BCUT2D eigenvalue weighted by atomic mass is 9.88. The molecule has 1 N–H and O–H groups in total. The first-order chi connectivity index (χ1) is 9.13. The molecule has 102 valence electrons. The average molecular weight is 260 g/mol. The zero-order valence-electron chi connectivity index (χ0n) is 11.5. The normalized spacial score (nSPS) is 16.7. The van der Waals surface area contributed by atoms with Crippen LogP contribution in [0.1, 0.15) is 19.4 Å². The van der Waals surface area contributed by atoms with E-state index in [2.05, 4.69) is 11.4 Å². The van der Waals surface area contributed by atoms with Crippen molar-refractivity contribution in [3.8, 4) is 11.8 Å². The summed E-state index contributed by atoms with van der Waals surface area (Å²) < 4.78 is 10.7. The zero-order chi connectivity index (χ0) is 13.7. The van der Waals surface area contributed by atoms with Crippen molar-refractivity contribution in [2.75, 3.05) is 19.8 Å². The van der Waals surface area contributed by atoms with Gasteiger partial charge in [-0.15, -0.1) is 0 Å².